The molecular formula is C5H7BrO3. The van der Waals surface area contributed by atoms with Gasteiger partial charge in [0.1, 0.15) is 0 Å². The summed E-state index contributed by atoms with van der Waals surface area (Å²) < 4.78 is 3.69. The van der Waals surface area contributed by atoms with E-state index in [1.54, 1.807) is 0 Å². The molecule has 0 N–H and O–H groups in total. The summed E-state index contributed by atoms with van der Waals surface area (Å²) in [6.45, 7) is 2.15. The van der Waals surface area contributed by atoms with Crippen molar-refractivity contribution < 1.29 is 14.3 Å². The number of rotatable bonds is 3. The van der Waals surface area contributed by atoms with Crippen LogP contribution in [-0.2, 0) is 14.3 Å². The predicted molar refractivity (Wildman–Crippen MR) is 35.2 cm³/mol. The molecule has 0 saturated carbocycles. The Kier molecular flexibility index (Phi) is 4.30. The molecule has 0 aliphatic rings. The highest BCUT2D eigenvalue weighted by molar-refractivity contribution is 9.19. The zero-order valence-corrected chi connectivity index (χ0v) is 6.60. The molecule has 0 radical (unpaired) electrons. The van der Waals surface area contributed by atoms with E-state index in [2.05, 4.69) is 20.7 Å². The maximum Gasteiger partial charge on any atom is 0.386 e. The first kappa shape index (κ1) is 8.62. The van der Waals surface area contributed by atoms with Crippen LogP contribution in [0.3, 0.4) is 0 Å². The van der Waals surface area contributed by atoms with E-state index >= 15 is 0 Å². The lowest BCUT2D eigenvalue weighted by molar-refractivity contribution is -0.149. The Morgan fingerprint density at radius 3 is 2.44 bits per heavy atom. The number of carbonyl (C=O) groups excluding carboxylic acids is 2. The number of ether oxygens (including phenoxy) is 1. The summed E-state index contributed by atoms with van der Waals surface area (Å²) in [6, 6.07) is 0. The number of carbonyl (C=O) groups is 2. The number of hydrogen-bond donors (Lipinski definition) is 0. The van der Waals surface area contributed by atoms with Gasteiger partial charge in [0.2, 0.25) is 0 Å². The van der Waals surface area contributed by atoms with Crippen molar-refractivity contribution in [2.75, 3.05) is 6.61 Å². The van der Waals surface area contributed by atoms with Crippen molar-refractivity contribution in [3.05, 3.63) is 0 Å². The first-order chi connectivity index (χ1) is 4.18. The average Bonchev–Trinajstić information content (AvgIpc) is 1.82. The van der Waals surface area contributed by atoms with Crippen LogP contribution in [-0.4, -0.2) is 17.3 Å². The van der Waals surface area contributed by atoms with Crippen molar-refractivity contribution in [1.82, 2.24) is 0 Å². The molecule has 0 atom stereocenters. The summed E-state index contributed by atoms with van der Waals surface area (Å²) in [7, 11) is 0. The van der Waals surface area contributed by atoms with Crippen molar-refractivity contribution in [2.24, 2.45) is 0 Å². The number of hydrogen-bond acceptors (Lipinski definition) is 3. The van der Waals surface area contributed by atoms with Crippen molar-refractivity contribution in [2.45, 2.75) is 13.3 Å². The topological polar surface area (TPSA) is 43.4 Å². The molecular weight excluding hydrogens is 188 g/mol. The Labute approximate surface area is 61.5 Å². The summed E-state index contributed by atoms with van der Waals surface area (Å²) in [6.07, 6.45) is 0.728. The van der Waals surface area contributed by atoms with E-state index in [1.807, 2.05) is 6.92 Å². The van der Waals surface area contributed by atoms with Crippen LogP contribution < -0.4 is 0 Å². The van der Waals surface area contributed by atoms with Gasteiger partial charge >= 0.3 is 10.7 Å². The number of halogens is 1. The number of esters is 1. The molecule has 52 valence electrons. The lowest BCUT2D eigenvalue weighted by atomic mass is 10.5. The highest BCUT2D eigenvalue weighted by atomic mass is 79.9. The SMILES string of the molecule is CCCOC(=O)C(=O)Br. The summed E-state index contributed by atoms with van der Waals surface area (Å²) in [5, 5.41) is 0. The zero-order chi connectivity index (χ0) is 7.28. The van der Waals surface area contributed by atoms with Gasteiger partial charge < -0.3 is 4.74 Å². The van der Waals surface area contributed by atoms with E-state index in [-0.39, 0.29) is 0 Å². The first-order valence-electron chi connectivity index (χ1n) is 2.55. The second kappa shape index (κ2) is 4.49. The van der Waals surface area contributed by atoms with Gasteiger partial charge in [-0.25, -0.2) is 4.79 Å². The highest BCUT2D eigenvalue weighted by Gasteiger charge is 2.08. The molecule has 0 fully saturated rings. The fraction of sp³-hybridized carbons (Fsp3) is 0.600. The lowest BCUT2D eigenvalue weighted by Gasteiger charge is -1.95. The van der Waals surface area contributed by atoms with E-state index in [9.17, 15) is 9.59 Å². The minimum Gasteiger partial charge on any atom is -0.459 e. The molecule has 0 aromatic carbocycles. The average molecular weight is 195 g/mol. The highest BCUT2D eigenvalue weighted by Crippen LogP contribution is 1.89. The molecule has 0 aromatic heterocycles. The maximum absolute atomic E-state index is 10.3. The van der Waals surface area contributed by atoms with E-state index in [4.69, 9.17) is 0 Å². The Morgan fingerprint density at radius 1 is 1.56 bits per heavy atom. The standard InChI is InChI=1S/C5H7BrO3/c1-2-3-9-5(8)4(6)7/h2-3H2,1H3. The van der Waals surface area contributed by atoms with Gasteiger partial charge in [0.15, 0.2) is 0 Å². The molecule has 9 heavy (non-hydrogen) atoms. The molecule has 4 heteroatoms. The van der Waals surface area contributed by atoms with Gasteiger partial charge in [-0.2, -0.15) is 0 Å². The Bertz CT molecular complexity index is 121. The van der Waals surface area contributed by atoms with Crippen LogP contribution >= 0.6 is 15.9 Å². The molecule has 0 saturated heterocycles. The van der Waals surface area contributed by atoms with Gasteiger partial charge in [-0.15, -0.1) is 0 Å². The molecule has 0 spiro atoms. The van der Waals surface area contributed by atoms with Gasteiger partial charge in [0, 0.05) is 15.9 Å². The van der Waals surface area contributed by atoms with E-state index in [0.717, 1.165) is 6.42 Å². The third kappa shape index (κ3) is 4.14. The van der Waals surface area contributed by atoms with Crippen LogP contribution in [0.15, 0.2) is 0 Å². The first-order valence-corrected chi connectivity index (χ1v) is 3.34. The predicted octanol–water partition coefficient (Wildman–Crippen LogP) is 0.861. The minimum atomic E-state index is -0.822. The van der Waals surface area contributed by atoms with Crippen molar-refractivity contribution in [3.63, 3.8) is 0 Å². The van der Waals surface area contributed by atoms with Crippen LogP contribution in [0.1, 0.15) is 13.3 Å². The Hall–Kier alpha value is -0.380. The molecule has 3 nitrogen and oxygen atoms in total. The molecule has 0 aliphatic carbocycles. The normalized spacial score (nSPS) is 8.67. The minimum absolute atomic E-state index is 0.302. The fourth-order valence-electron chi connectivity index (χ4n) is 0.251. The monoisotopic (exact) mass is 194 g/mol. The van der Waals surface area contributed by atoms with Crippen molar-refractivity contribution >= 4 is 26.6 Å². The second-order valence-corrected chi connectivity index (χ2v) is 2.13. The van der Waals surface area contributed by atoms with E-state index in [1.165, 1.54) is 0 Å². The van der Waals surface area contributed by atoms with Gasteiger partial charge in [-0.1, -0.05) is 6.92 Å². The zero-order valence-electron chi connectivity index (χ0n) is 5.02. The molecule has 0 amide bonds. The van der Waals surface area contributed by atoms with Crippen LogP contribution in [0.2, 0.25) is 0 Å². The van der Waals surface area contributed by atoms with Crippen molar-refractivity contribution in [3.8, 4) is 0 Å². The molecule has 0 unspecified atom stereocenters. The van der Waals surface area contributed by atoms with Crippen molar-refractivity contribution in [1.29, 1.82) is 0 Å². The van der Waals surface area contributed by atoms with E-state index < -0.39 is 10.7 Å². The largest absolute Gasteiger partial charge is 0.459 e. The smallest absolute Gasteiger partial charge is 0.386 e. The summed E-state index contributed by atoms with van der Waals surface area (Å²) in [4.78, 5) is 20.4. The molecule has 0 aromatic rings. The third-order valence-corrected chi connectivity index (χ3v) is 0.922. The van der Waals surface area contributed by atoms with Crippen LogP contribution in [0.5, 0.6) is 0 Å². The Morgan fingerprint density at radius 2 is 2.11 bits per heavy atom. The van der Waals surface area contributed by atoms with Crippen LogP contribution in [0, 0.1) is 0 Å². The fourth-order valence-corrected chi connectivity index (χ4v) is 0.366. The molecule has 0 rings (SSSR count). The van der Waals surface area contributed by atoms with Gasteiger partial charge in [-0.05, 0) is 6.42 Å². The van der Waals surface area contributed by atoms with Gasteiger partial charge in [0.25, 0.3) is 0 Å². The molecule has 0 aliphatic heterocycles. The van der Waals surface area contributed by atoms with Gasteiger partial charge in [0.05, 0.1) is 6.61 Å². The Balaban J connectivity index is 3.39. The summed E-state index contributed by atoms with van der Waals surface area (Å²) in [5.41, 5.74) is 0. The van der Waals surface area contributed by atoms with Crippen LogP contribution in [0.4, 0.5) is 0 Å². The molecule has 0 heterocycles. The quantitative estimate of drug-likeness (QED) is 0.381. The lowest BCUT2D eigenvalue weighted by Crippen LogP contribution is -2.11. The molecule has 0 bridgehead atoms. The third-order valence-electron chi connectivity index (χ3n) is 0.598. The maximum atomic E-state index is 10.3. The second-order valence-electron chi connectivity index (χ2n) is 1.41. The summed E-state index contributed by atoms with van der Waals surface area (Å²) in [5.74, 6) is -0.822. The summed E-state index contributed by atoms with van der Waals surface area (Å²) >= 11 is 2.46. The van der Waals surface area contributed by atoms with E-state index in [0.29, 0.717) is 6.61 Å². The van der Waals surface area contributed by atoms with Gasteiger partial charge in [-0.3, -0.25) is 4.79 Å². The van der Waals surface area contributed by atoms with Crippen LogP contribution in [0.25, 0.3) is 0 Å².